The van der Waals surface area contributed by atoms with Gasteiger partial charge in [0.2, 0.25) is 0 Å². The van der Waals surface area contributed by atoms with Gasteiger partial charge in [0.25, 0.3) is 0 Å². The van der Waals surface area contributed by atoms with Crippen LogP contribution in [-0.4, -0.2) is 59.0 Å². The number of hydrogen-bond donors (Lipinski definition) is 8. The van der Waals surface area contributed by atoms with E-state index in [4.69, 9.17) is 9.47 Å². The van der Waals surface area contributed by atoms with Gasteiger partial charge in [-0.1, -0.05) is 0 Å². The minimum Gasteiger partial charge on any atom is -0.508 e. The van der Waals surface area contributed by atoms with Crippen molar-refractivity contribution >= 4 is 5.97 Å². The van der Waals surface area contributed by atoms with Crippen molar-refractivity contribution < 1.29 is 55.1 Å². The number of allylic oxidation sites excluding steroid dienone is 1. The molecule has 3 atom stereocenters. The van der Waals surface area contributed by atoms with E-state index in [1.807, 2.05) is 0 Å². The molecule has 2 aromatic carbocycles. The number of carbonyl (C=O) groups excluding carboxylic acids is 1. The Labute approximate surface area is 185 Å². The van der Waals surface area contributed by atoms with Crippen LogP contribution in [0.5, 0.6) is 34.5 Å². The van der Waals surface area contributed by atoms with Crippen LogP contribution in [0.2, 0.25) is 0 Å². The Morgan fingerprint density at radius 1 is 0.879 bits per heavy atom. The van der Waals surface area contributed by atoms with Crippen molar-refractivity contribution in [3.8, 4) is 34.5 Å². The molecule has 0 fully saturated rings. The Balaban J connectivity index is 1.69. The zero-order valence-corrected chi connectivity index (χ0v) is 16.8. The number of fused-ring (bicyclic) bond motifs is 1. The summed E-state index contributed by atoms with van der Waals surface area (Å²) in [5.74, 6) is -6.41. The summed E-state index contributed by atoms with van der Waals surface area (Å²) >= 11 is 0. The first-order valence-electron chi connectivity index (χ1n) is 9.74. The summed E-state index contributed by atoms with van der Waals surface area (Å²) in [6, 6.07) is 4.10. The Hall–Kier alpha value is -4.41. The van der Waals surface area contributed by atoms with Crippen molar-refractivity contribution in [3.63, 3.8) is 0 Å². The third-order valence-corrected chi connectivity index (χ3v) is 5.51. The molecule has 0 saturated carbocycles. The molecular formula is C22H20O11. The van der Waals surface area contributed by atoms with Crippen LogP contribution in [0.1, 0.15) is 22.3 Å². The van der Waals surface area contributed by atoms with E-state index in [1.54, 1.807) is 0 Å². The molecule has 1 aliphatic heterocycles. The zero-order chi connectivity index (χ0) is 24.0. The average Bonchev–Trinajstić information content (AvgIpc) is 2.75. The quantitative estimate of drug-likeness (QED) is 0.247. The molecule has 174 valence electrons. The lowest BCUT2D eigenvalue weighted by Crippen LogP contribution is -2.45. The van der Waals surface area contributed by atoms with Gasteiger partial charge in [-0.15, -0.1) is 0 Å². The van der Waals surface area contributed by atoms with E-state index in [0.717, 1.165) is 18.2 Å². The number of rotatable bonds is 3. The van der Waals surface area contributed by atoms with Gasteiger partial charge in [0, 0.05) is 36.5 Å². The first-order chi connectivity index (χ1) is 15.5. The molecular weight excluding hydrogens is 440 g/mol. The monoisotopic (exact) mass is 460 g/mol. The molecule has 2 aliphatic rings. The molecule has 0 spiro atoms. The maximum atomic E-state index is 12.7. The number of phenolic OH excluding ortho intramolecular Hbond substituents is 5. The Morgan fingerprint density at radius 3 is 2.18 bits per heavy atom. The highest BCUT2D eigenvalue weighted by atomic mass is 16.6. The van der Waals surface area contributed by atoms with Crippen molar-refractivity contribution in [1.29, 1.82) is 0 Å². The van der Waals surface area contributed by atoms with Crippen LogP contribution in [0.3, 0.4) is 0 Å². The molecule has 8 N–H and O–H groups in total. The minimum absolute atomic E-state index is 0.0878. The summed E-state index contributed by atoms with van der Waals surface area (Å²) in [4.78, 5) is 12.7. The van der Waals surface area contributed by atoms with Gasteiger partial charge in [-0.3, -0.25) is 0 Å². The number of aromatic hydroxyl groups is 5. The lowest BCUT2D eigenvalue weighted by molar-refractivity contribution is -0.0333. The van der Waals surface area contributed by atoms with Crippen LogP contribution in [0, 0.1) is 5.92 Å². The van der Waals surface area contributed by atoms with Gasteiger partial charge >= 0.3 is 5.97 Å². The number of esters is 1. The fraction of sp³-hybridized carbons (Fsp3) is 0.227. The molecule has 11 nitrogen and oxygen atoms in total. The fourth-order valence-corrected chi connectivity index (χ4v) is 3.89. The van der Waals surface area contributed by atoms with E-state index >= 15 is 0 Å². The van der Waals surface area contributed by atoms with Crippen LogP contribution in [0.4, 0.5) is 0 Å². The highest BCUT2D eigenvalue weighted by Crippen LogP contribution is 2.42. The summed E-state index contributed by atoms with van der Waals surface area (Å²) in [6.45, 7) is 0. The van der Waals surface area contributed by atoms with E-state index in [2.05, 4.69) is 0 Å². The summed E-state index contributed by atoms with van der Waals surface area (Å²) in [6.07, 6.45) is -1.20. The van der Waals surface area contributed by atoms with E-state index < -0.39 is 58.6 Å². The smallest absolute Gasteiger partial charge is 0.338 e. The molecule has 0 radical (unpaired) electrons. The molecule has 0 bridgehead atoms. The number of hydrogen-bond acceptors (Lipinski definition) is 11. The second-order valence-corrected chi connectivity index (χ2v) is 7.75. The van der Waals surface area contributed by atoms with Gasteiger partial charge in [0.1, 0.15) is 35.2 Å². The predicted octanol–water partition coefficient (Wildman–Crippen LogP) is 2.53. The predicted molar refractivity (Wildman–Crippen MR) is 110 cm³/mol. The normalized spacial score (nSPS) is 22.2. The number of phenols is 5. The van der Waals surface area contributed by atoms with Crippen LogP contribution in [0.25, 0.3) is 0 Å². The molecule has 1 heterocycles. The zero-order valence-electron chi connectivity index (χ0n) is 16.8. The van der Waals surface area contributed by atoms with Crippen LogP contribution >= 0.6 is 0 Å². The van der Waals surface area contributed by atoms with E-state index in [1.165, 1.54) is 12.1 Å². The number of ether oxygens (including phenoxy) is 2. The molecule has 0 aromatic heterocycles. The Morgan fingerprint density at radius 2 is 1.55 bits per heavy atom. The third kappa shape index (κ3) is 3.95. The van der Waals surface area contributed by atoms with Gasteiger partial charge in [0.15, 0.2) is 28.8 Å². The molecule has 1 unspecified atom stereocenters. The third-order valence-electron chi connectivity index (χ3n) is 5.51. The van der Waals surface area contributed by atoms with Crippen molar-refractivity contribution in [2.45, 2.75) is 25.0 Å². The summed E-state index contributed by atoms with van der Waals surface area (Å²) in [5.41, 5.74) is -0.0606. The minimum atomic E-state index is -1.11. The SMILES string of the molecule is O=C(O[C@@H]1Cc2c(O)cc(O)cc2O[C@@H]1C1C=C(O)C(O)=C(O)C1)c1cc(O)c(O)c(O)c1. The van der Waals surface area contributed by atoms with E-state index in [-0.39, 0.29) is 41.2 Å². The topological polar surface area (TPSA) is 197 Å². The Bertz CT molecular complexity index is 1170. The second-order valence-electron chi connectivity index (χ2n) is 7.75. The summed E-state index contributed by atoms with van der Waals surface area (Å²) in [7, 11) is 0. The van der Waals surface area contributed by atoms with Crippen LogP contribution in [-0.2, 0) is 11.2 Å². The highest BCUT2D eigenvalue weighted by Gasteiger charge is 2.41. The Kier molecular flexibility index (Phi) is 5.24. The molecule has 0 amide bonds. The highest BCUT2D eigenvalue weighted by molar-refractivity contribution is 5.91. The molecule has 2 aromatic rings. The maximum absolute atomic E-state index is 12.7. The molecule has 4 rings (SSSR count). The fourth-order valence-electron chi connectivity index (χ4n) is 3.89. The van der Waals surface area contributed by atoms with E-state index in [0.29, 0.717) is 0 Å². The average molecular weight is 460 g/mol. The van der Waals surface area contributed by atoms with Gasteiger partial charge in [-0.2, -0.15) is 0 Å². The second kappa shape index (κ2) is 7.93. The molecule has 0 saturated heterocycles. The van der Waals surface area contributed by atoms with Crippen LogP contribution in [0.15, 0.2) is 47.6 Å². The van der Waals surface area contributed by atoms with Crippen molar-refractivity contribution in [2.75, 3.05) is 0 Å². The number of aliphatic hydroxyl groups is 3. The first kappa shape index (κ1) is 21.8. The number of benzene rings is 2. The largest absolute Gasteiger partial charge is 0.508 e. The molecule has 1 aliphatic carbocycles. The van der Waals surface area contributed by atoms with Crippen molar-refractivity contribution in [1.82, 2.24) is 0 Å². The van der Waals surface area contributed by atoms with Gasteiger partial charge in [-0.25, -0.2) is 4.79 Å². The van der Waals surface area contributed by atoms with Crippen LogP contribution < -0.4 is 4.74 Å². The van der Waals surface area contributed by atoms with Gasteiger partial charge in [-0.05, 0) is 18.2 Å². The standard InChI is InChI=1S/C22H20O11/c23-10-5-12(24)11-7-18(33-22(31)9-3-15(27)20(30)16(28)4-9)21(32-17(11)6-10)8-1-13(25)19(29)14(26)2-8/h1,3-6,8,18,21,23-30H,2,7H2/t8?,18-,21-/m1/s1. The maximum Gasteiger partial charge on any atom is 0.338 e. The van der Waals surface area contributed by atoms with E-state index in [9.17, 15) is 45.6 Å². The molecule has 33 heavy (non-hydrogen) atoms. The van der Waals surface area contributed by atoms with Gasteiger partial charge in [0.05, 0.1) is 5.56 Å². The van der Waals surface area contributed by atoms with Gasteiger partial charge < -0.3 is 50.3 Å². The number of aliphatic hydroxyl groups excluding tert-OH is 3. The first-order valence-corrected chi connectivity index (χ1v) is 9.74. The molecule has 11 heteroatoms. The van der Waals surface area contributed by atoms with Crippen molar-refractivity contribution in [2.24, 2.45) is 5.92 Å². The van der Waals surface area contributed by atoms with Crippen molar-refractivity contribution in [3.05, 3.63) is 58.7 Å². The summed E-state index contributed by atoms with van der Waals surface area (Å²) < 4.78 is 11.4. The number of carbonyl (C=O) groups is 1. The lowest BCUT2D eigenvalue weighted by Gasteiger charge is -2.37. The lowest BCUT2D eigenvalue weighted by atomic mass is 9.85. The summed E-state index contributed by atoms with van der Waals surface area (Å²) in [5, 5.41) is 78.4.